The van der Waals surface area contributed by atoms with Crippen molar-refractivity contribution in [1.29, 1.82) is 5.26 Å². The third-order valence-corrected chi connectivity index (χ3v) is 5.19. The SMILES string of the molecule is N#Cc1ccc(N(Cc2ccccc2)C(=O)N2CCOCC2)cc1C(O)C1CO1. The Morgan fingerprint density at radius 2 is 1.97 bits per heavy atom. The van der Waals surface area contributed by atoms with Gasteiger partial charge in [0.1, 0.15) is 12.2 Å². The van der Waals surface area contributed by atoms with E-state index >= 15 is 0 Å². The number of nitrogens with zero attached hydrogens (tertiary/aromatic N) is 3. The molecule has 2 atom stereocenters. The van der Waals surface area contributed by atoms with Gasteiger partial charge in [0.25, 0.3) is 0 Å². The second-order valence-electron chi connectivity index (χ2n) is 7.15. The normalized spacial score (nSPS) is 19.3. The van der Waals surface area contributed by atoms with Gasteiger partial charge in [0.05, 0.1) is 38.0 Å². The summed E-state index contributed by atoms with van der Waals surface area (Å²) in [6.45, 7) is 2.95. The topological polar surface area (TPSA) is 89.3 Å². The lowest BCUT2D eigenvalue weighted by atomic mass is 9.99. The summed E-state index contributed by atoms with van der Waals surface area (Å²) in [6, 6.07) is 16.9. The maximum absolute atomic E-state index is 13.3. The standard InChI is InChI=1S/C22H23N3O4/c23-13-17-6-7-18(12-19(17)21(26)20-15-29-20)25(14-16-4-2-1-3-5-16)22(27)24-8-10-28-11-9-24/h1-7,12,20-21,26H,8-11,14-15H2. The van der Waals surface area contributed by atoms with Gasteiger partial charge in [0.15, 0.2) is 0 Å². The van der Waals surface area contributed by atoms with Crippen LogP contribution in [0.4, 0.5) is 10.5 Å². The number of hydrogen-bond donors (Lipinski definition) is 1. The minimum absolute atomic E-state index is 0.120. The van der Waals surface area contributed by atoms with Crippen molar-refractivity contribution in [2.75, 3.05) is 37.8 Å². The number of epoxide rings is 1. The Hall–Kier alpha value is -2.92. The smallest absolute Gasteiger partial charge is 0.324 e. The molecule has 2 amide bonds. The average molecular weight is 393 g/mol. The summed E-state index contributed by atoms with van der Waals surface area (Å²) in [7, 11) is 0. The Labute approximate surface area is 169 Å². The first kappa shape index (κ1) is 19.4. The van der Waals surface area contributed by atoms with Gasteiger partial charge >= 0.3 is 6.03 Å². The molecule has 4 rings (SSSR count). The highest BCUT2D eigenvalue weighted by Gasteiger charge is 2.34. The number of ether oxygens (including phenoxy) is 2. The Morgan fingerprint density at radius 3 is 2.62 bits per heavy atom. The first-order valence-electron chi connectivity index (χ1n) is 9.69. The van der Waals surface area contributed by atoms with Crippen LogP contribution in [0.15, 0.2) is 48.5 Å². The molecule has 0 spiro atoms. The molecule has 0 radical (unpaired) electrons. The summed E-state index contributed by atoms with van der Waals surface area (Å²) >= 11 is 0. The van der Waals surface area contributed by atoms with E-state index in [4.69, 9.17) is 9.47 Å². The number of aliphatic hydroxyl groups excluding tert-OH is 1. The summed E-state index contributed by atoms with van der Waals surface area (Å²) in [4.78, 5) is 16.8. The van der Waals surface area contributed by atoms with E-state index in [0.717, 1.165) is 5.56 Å². The van der Waals surface area contributed by atoms with Crippen molar-refractivity contribution in [2.24, 2.45) is 0 Å². The van der Waals surface area contributed by atoms with Crippen LogP contribution in [-0.2, 0) is 16.0 Å². The Bertz CT molecular complexity index is 902. The lowest BCUT2D eigenvalue weighted by Gasteiger charge is -2.33. The van der Waals surface area contributed by atoms with Crippen LogP contribution in [0.5, 0.6) is 0 Å². The molecule has 0 saturated carbocycles. The van der Waals surface area contributed by atoms with Crippen molar-refractivity contribution >= 4 is 11.7 Å². The van der Waals surface area contributed by atoms with Crippen molar-refractivity contribution in [3.8, 4) is 6.07 Å². The van der Waals surface area contributed by atoms with Crippen molar-refractivity contribution < 1.29 is 19.4 Å². The van der Waals surface area contributed by atoms with Crippen LogP contribution < -0.4 is 4.90 Å². The third kappa shape index (κ3) is 4.40. The van der Waals surface area contributed by atoms with Gasteiger partial charge < -0.3 is 19.5 Å². The average Bonchev–Trinajstić information content (AvgIpc) is 3.63. The fourth-order valence-electron chi connectivity index (χ4n) is 3.46. The maximum Gasteiger partial charge on any atom is 0.324 e. The number of nitriles is 1. The second-order valence-corrected chi connectivity index (χ2v) is 7.15. The molecule has 2 heterocycles. The van der Waals surface area contributed by atoms with Crippen LogP contribution in [0, 0.1) is 11.3 Å². The van der Waals surface area contributed by atoms with Gasteiger partial charge in [-0.1, -0.05) is 30.3 Å². The summed E-state index contributed by atoms with van der Waals surface area (Å²) in [5.41, 5.74) is 2.50. The zero-order valence-electron chi connectivity index (χ0n) is 16.0. The van der Waals surface area contributed by atoms with Crippen LogP contribution in [0.25, 0.3) is 0 Å². The zero-order chi connectivity index (χ0) is 20.2. The summed E-state index contributed by atoms with van der Waals surface area (Å²) in [5, 5.41) is 20.0. The molecular weight excluding hydrogens is 370 g/mol. The molecular formula is C22H23N3O4. The van der Waals surface area contributed by atoms with E-state index in [-0.39, 0.29) is 12.1 Å². The minimum Gasteiger partial charge on any atom is -0.386 e. The maximum atomic E-state index is 13.3. The van der Waals surface area contributed by atoms with Crippen LogP contribution in [0.2, 0.25) is 0 Å². The number of urea groups is 1. The van der Waals surface area contributed by atoms with E-state index in [1.165, 1.54) is 0 Å². The number of aliphatic hydroxyl groups is 1. The molecule has 0 aliphatic carbocycles. The largest absolute Gasteiger partial charge is 0.386 e. The Morgan fingerprint density at radius 1 is 1.24 bits per heavy atom. The number of morpholine rings is 1. The summed E-state index contributed by atoms with van der Waals surface area (Å²) in [5.74, 6) is 0. The highest BCUT2D eigenvalue weighted by atomic mass is 16.6. The van der Waals surface area contributed by atoms with Crippen molar-refractivity contribution in [3.05, 3.63) is 65.2 Å². The predicted molar refractivity (Wildman–Crippen MR) is 106 cm³/mol. The van der Waals surface area contributed by atoms with Crippen molar-refractivity contribution in [1.82, 2.24) is 4.90 Å². The number of hydrogen-bond acceptors (Lipinski definition) is 5. The van der Waals surface area contributed by atoms with Crippen molar-refractivity contribution in [2.45, 2.75) is 18.8 Å². The lowest BCUT2D eigenvalue weighted by Crippen LogP contribution is -2.48. The molecule has 2 aliphatic rings. The highest BCUT2D eigenvalue weighted by molar-refractivity contribution is 5.92. The van der Waals surface area contributed by atoms with E-state index in [9.17, 15) is 15.2 Å². The summed E-state index contributed by atoms with van der Waals surface area (Å²) in [6.07, 6.45) is -1.18. The van der Waals surface area contributed by atoms with E-state index in [1.807, 2.05) is 30.3 Å². The van der Waals surface area contributed by atoms with E-state index < -0.39 is 6.10 Å². The van der Waals surface area contributed by atoms with Crippen LogP contribution in [0.1, 0.15) is 22.8 Å². The van der Waals surface area contributed by atoms with Crippen LogP contribution in [0.3, 0.4) is 0 Å². The van der Waals surface area contributed by atoms with Gasteiger partial charge in [0.2, 0.25) is 0 Å². The molecule has 2 unspecified atom stereocenters. The summed E-state index contributed by atoms with van der Waals surface area (Å²) < 4.78 is 10.6. The van der Waals surface area contributed by atoms with E-state index in [0.29, 0.717) is 56.3 Å². The Kier molecular flexibility index (Phi) is 5.76. The van der Waals surface area contributed by atoms with E-state index in [1.54, 1.807) is 28.0 Å². The fraction of sp³-hybridized carbons (Fsp3) is 0.364. The lowest BCUT2D eigenvalue weighted by molar-refractivity contribution is 0.0548. The zero-order valence-corrected chi connectivity index (χ0v) is 16.0. The predicted octanol–water partition coefficient (Wildman–Crippen LogP) is 2.45. The molecule has 2 fully saturated rings. The molecule has 7 nitrogen and oxygen atoms in total. The monoisotopic (exact) mass is 393 g/mol. The van der Waals surface area contributed by atoms with E-state index in [2.05, 4.69) is 6.07 Å². The quantitative estimate of drug-likeness (QED) is 0.788. The number of carbonyl (C=O) groups excluding carboxylic acids is 1. The number of amides is 2. The van der Waals surface area contributed by atoms with Gasteiger partial charge in [-0.15, -0.1) is 0 Å². The molecule has 7 heteroatoms. The van der Waals surface area contributed by atoms with Gasteiger partial charge in [-0.25, -0.2) is 4.79 Å². The molecule has 1 N–H and O–H groups in total. The fourth-order valence-corrected chi connectivity index (χ4v) is 3.46. The third-order valence-electron chi connectivity index (χ3n) is 5.19. The first-order chi connectivity index (χ1) is 14.2. The number of benzene rings is 2. The molecule has 150 valence electrons. The first-order valence-corrected chi connectivity index (χ1v) is 9.69. The van der Waals surface area contributed by atoms with Gasteiger partial charge in [0, 0.05) is 24.3 Å². The van der Waals surface area contributed by atoms with Crippen LogP contribution >= 0.6 is 0 Å². The Balaban J connectivity index is 1.68. The molecule has 0 bridgehead atoms. The molecule has 2 saturated heterocycles. The molecule has 29 heavy (non-hydrogen) atoms. The van der Waals surface area contributed by atoms with Crippen molar-refractivity contribution in [3.63, 3.8) is 0 Å². The molecule has 2 aromatic carbocycles. The molecule has 2 aliphatic heterocycles. The minimum atomic E-state index is -0.887. The van der Waals surface area contributed by atoms with Gasteiger partial charge in [-0.2, -0.15) is 5.26 Å². The molecule has 0 aromatic heterocycles. The van der Waals surface area contributed by atoms with Crippen LogP contribution in [-0.4, -0.2) is 55.1 Å². The van der Waals surface area contributed by atoms with Gasteiger partial charge in [-0.05, 0) is 23.8 Å². The highest BCUT2D eigenvalue weighted by Crippen LogP contribution is 2.33. The second kappa shape index (κ2) is 8.62. The number of rotatable bonds is 5. The number of carbonyl (C=O) groups is 1. The number of anilines is 1. The molecule has 2 aromatic rings. The van der Waals surface area contributed by atoms with Gasteiger partial charge in [-0.3, -0.25) is 4.90 Å².